The molecule has 0 saturated heterocycles. The molecule has 4 fully saturated rings. The minimum atomic E-state index is -4.05. The van der Waals surface area contributed by atoms with Gasteiger partial charge in [0, 0.05) is 18.2 Å². The number of rotatable bonds is 6. The molecule has 9 nitrogen and oxygen atoms in total. The van der Waals surface area contributed by atoms with E-state index in [1.807, 2.05) is 0 Å². The number of benzene rings is 1. The van der Waals surface area contributed by atoms with Crippen LogP contribution in [0.5, 0.6) is 0 Å². The van der Waals surface area contributed by atoms with E-state index in [-0.39, 0.29) is 28.5 Å². The number of nitrogens with one attached hydrogen (secondary N) is 2. The molecule has 1 aromatic carbocycles. The van der Waals surface area contributed by atoms with Crippen LogP contribution in [0.25, 0.3) is 0 Å². The van der Waals surface area contributed by atoms with Crippen LogP contribution in [0.3, 0.4) is 0 Å². The minimum Gasteiger partial charge on any atom is -0.390 e. The van der Waals surface area contributed by atoms with Crippen molar-refractivity contribution in [1.29, 1.82) is 0 Å². The number of non-ortho nitro benzene ring substituents is 1. The molecule has 0 radical (unpaired) electrons. The Bertz CT molecular complexity index is 959. The van der Waals surface area contributed by atoms with Crippen LogP contribution in [0.2, 0.25) is 0 Å². The summed E-state index contributed by atoms with van der Waals surface area (Å²) in [7, 11) is -4.05. The van der Waals surface area contributed by atoms with Gasteiger partial charge in [-0.1, -0.05) is 0 Å². The Labute approximate surface area is 175 Å². The lowest BCUT2D eigenvalue weighted by atomic mass is 9.52. The van der Waals surface area contributed by atoms with Gasteiger partial charge in [0.05, 0.1) is 15.4 Å². The molecule has 1 aromatic rings. The monoisotopic (exact) mass is 437 g/mol. The summed E-state index contributed by atoms with van der Waals surface area (Å²) >= 11 is 0. The van der Waals surface area contributed by atoms with Crippen LogP contribution in [0.1, 0.15) is 46.0 Å². The van der Waals surface area contributed by atoms with Gasteiger partial charge in [-0.05, 0) is 75.8 Å². The number of nitro groups is 1. The number of carbonyl (C=O) groups excluding carboxylic acids is 1. The zero-order valence-electron chi connectivity index (χ0n) is 17.0. The number of amides is 1. The zero-order chi connectivity index (χ0) is 21.9. The molecule has 0 spiro atoms. The summed E-state index contributed by atoms with van der Waals surface area (Å²) in [5, 5.41) is 24.5. The second kappa shape index (κ2) is 7.00. The zero-order valence-corrected chi connectivity index (χ0v) is 17.8. The average molecular weight is 438 g/mol. The standard InChI is InChI=1S/C20H27N3O6S/c1-19(2,22-30(28,29)16-5-3-15(4-6-16)23(26)27)18(24)21-17-13-7-12-8-14(17)11-20(25,9-12)10-13/h3-6,12-14,17,22,25H,7-11H2,1-2H3,(H,21,24). The highest BCUT2D eigenvalue weighted by atomic mass is 32.2. The molecular weight excluding hydrogens is 410 g/mol. The van der Waals surface area contributed by atoms with Crippen LogP contribution in [-0.4, -0.2) is 41.5 Å². The highest BCUT2D eigenvalue weighted by molar-refractivity contribution is 7.89. The SMILES string of the molecule is CC(C)(NS(=O)(=O)c1ccc([N+](=O)[O-])cc1)C(=O)NC1C2CC3CC1CC(O)(C3)C2. The number of sulfonamides is 1. The van der Waals surface area contributed by atoms with Crippen molar-refractivity contribution < 1.29 is 23.2 Å². The molecule has 0 heterocycles. The van der Waals surface area contributed by atoms with Gasteiger partial charge in [0.15, 0.2) is 0 Å². The number of carbonyl (C=O) groups is 1. The third kappa shape index (κ3) is 3.83. The van der Waals surface area contributed by atoms with Crippen LogP contribution in [0, 0.1) is 27.9 Å². The molecule has 1 amide bonds. The normalized spacial score (nSPS) is 32.8. The smallest absolute Gasteiger partial charge is 0.269 e. The summed E-state index contributed by atoms with van der Waals surface area (Å²) in [4.78, 5) is 23.0. The van der Waals surface area contributed by atoms with Gasteiger partial charge in [0.2, 0.25) is 15.9 Å². The quantitative estimate of drug-likeness (QED) is 0.457. The van der Waals surface area contributed by atoms with Gasteiger partial charge in [-0.2, -0.15) is 4.72 Å². The predicted molar refractivity (Wildman–Crippen MR) is 108 cm³/mol. The van der Waals surface area contributed by atoms with Crippen LogP contribution in [0.15, 0.2) is 29.2 Å². The third-order valence-electron chi connectivity index (χ3n) is 6.85. The van der Waals surface area contributed by atoms with E-state index >= 15 is 0 Å². The van der Waals surface area contributed by atoms with Crippen molar-refractivity contribution in [2.75, 3.05) is 0 Å². The molecule has 5 rings (SSSR count). The van der Waals surface area contributed by atoms with Crippen molar-refractivity contribution >= 4 is 21.6 Å². The number of aliphatic hydroxyl groups is 1. The minimum absolute atomic E-state index is 0.0579. The van der Waals surface area contributed by atoms with E-state index in [2.05, 4.69) is 10.0 Å². The summed E-state index contributed by atoms with van der Waals surface area (Å²) in [5.74, 6) is 0.520. The Morgan fingerprint density at radius 1 is 1.17 bits per heavy atom. The molecule has 164 valence electrons. The third-order valence-corrected chi connectivity index (χ3v) is 8.53. The van der Waals surface area contributed by atoms with Gasteiger partial charge in [-0.3, -0.25) is 14.9 Å². The second-order valence-electron chi connectivity index (χ2n) is 9.68. The lowest BCUT2D eigenvalue weighted by molar-refractivity contribution is -0.384. The van der Waals surface area contributed by atoms with Gasteiger partial charge in [0.25, 0.3) is 5.69 Å². The molecule has 4 saturated carbocycles. The maximum atomic E-state index is 13.0. The van der Waals surface area contributed by atoms with E-state index in [1.54, 1.807) is 0 Å². The van der Waals surface area contributed by atoms with Crippen molar-refractivity contribution in [2.45, 2.75) is 68.0 Å². The lowest BCUT2D eigenvalue weighted by Gasteiger charge is -2.58. The Hall–Kier alpha value is -2.04. The molecule has 2 unspecified atom stereocenters. The van der Waals surface area contributed by atoms with Gasteiger partial charge >= 0.3 is 0 Å². The molecule has 2 atom stereocenters. The maximum Gasteiger partial charge on any atom is 0.269 e. The van der Waals surface area contributed by atoms with Crippen molar-refractivity contribution in [3.05, 3.63) is 34.4 Å². The first-order chi connectivity index (χ1) is 13.9. The van der Waals surface area contributed by atoms with Crippen molar-refractivity contribution in [2.24, 2.45) is 17.8 Å². The van der Waals surface area contributed by atoms with Crippen LogP contribution < -0.4 is 10.0 Å². The topological polar surface area (TPSA) is 139 Å². The van der Waals surface area contributed by atoms with Gasteiger partial charge in [0.1, 0.15) is 5.54 Å². The van der Waals surface area contributed by atoms with Gasteiger partial charge in [-0.25, -0.2) is 8.42 Å². The number of nitro benzene ring substituents is 1. The average Bonchev–Trinajstić information content (AvgIpc) is 2.62. The summed E-state index contributed by atoms with van der Waals surface area (Å²) in [6, 6.07) is 4.46. The van der Waals surface area contributed by atoms with Crippen molar-refractivity contribution in [3.8, 4) is 0 Å². The van der Waals surface area contributed by atoms with E-state index in [1.165, 1.54) is 13.8 Å². The van der Waals surface area contributed by atoms with Gasteiger partial charge in [-0.15, -0.1) is 0 Å². The highest BCUT2D eigenvalue weighted by Gasteiger charge is 2.55. The van der Waals surface area contributed by atoms with Crippen LogP contribution in [0.4, 0.5) is 5.69 Å². The van der Waals surface area contributed by atoms with Gasteiger partial charge < -0.3 is 10.4 Å². The number of hydrogen-bond donors (Lipinski definition) is 3. The summed E-state index contributed by atoms with van der Waals surface area (Å²) in [6.45, 7) is 2.99. The fourth-order valence-corrected chi connectivity index (χ4v) is 7.11. The summed E-state index contributed by atoms with van der Waals surface area (Å²) in [6.07, 6.45) is 4.18. The fourth-order valence-electron chi connectivity index (χ4n) is 5.74. The Morgan fingerprint density at radius 2 is 1.73 bits per heavy atom. The first-order valence-electron chi connectivity index (χ1n) is 10.2. The summed E-state index contributed by atoms with van der Waals surface area (Å²) < 4.78 is 27.9. The predicted octanol–water partition coefficient (Wildman–Crippen LogP) is 1.71. The van der Waals surface area contributed by atoms with E-state index < -0.39 is 32.0 Å². The molecular formula is C20H27N3O6S. The molecule has 4 aliphatic carbocycles. The lowest BCUT2D eigenvalue weighted by Crippen LogP contribution is -2.65. The molecule has 0 aromatic heterocycles. The van der Waals surface area contributed by atoms with E-state index in [9.17, 15) is 28.4 Å². The largest absolute Gasteiger partial charge is 0.390 e. The Morgan fingerprint density at radius 3 is 2.23 bits per heavy atom. The van der Waals surface area contributed by atoms with E-state index in [0.29, 0.717) is 18.8 Å². The second-order valence-corrected chi connectivity index (χ2v) is 11.4. The van der Waals surface area contributed by atoms with Crippen LogP contribution in [-0.2, 0) is 14.8 Å². The molecule has 10 heteroatoms. The maximum absolute atomic E-state index is 13.0. The van der Waals surface area contributed by atoms with Crippen molar-refractivity contribution in [1.82, 2.24) is 10.0 Å². The van der Waals surface area contributed by atoms with Crippen molar-refractivity contribution in [3.63, 3.8) is 0 Å². The Kier molecular flexibility index (Phi) is 4.94. The molecule has 30 heavy (non-hydrogen) atoms. The van der Waals surface area contributed by atoms with Crippen LogP contribution >= 0.6 is 0 Å². The first kappa shape index (κ1) is 21.2. The first-order valence-corrected chi connectivity index (χ1v) is 11.7. The fraction of sp³-hybridized carbons (Fsp3) is 0.650. The number of hydrogen-bond acceptors (Lipinski definition) is 6. The summed E-state index contributed by atoms with van der Waals surface area (Å²) in [5.41, 5.74) is -2.23. The Balaban J connectivity index is 1.45. The highest BCUT2D eigenvalue weighted by Crippen LogP contribution is 2.55. The van der Waals surface area contributed by atoms with E-state index in [0.717, 1.165) is 43.5 Å². The molecule has 3 N–H and O–H groups in total. The molecule has 4 bridgehead atoms. The molecule has 0 aliphatic heterocycles. The number of nitrogens with zero attached hydrogens (tertiary/aromatic N) is 1. The molecule has 4 aliphatic rings. The van der Waals surface area contributed by atoms with E-state index in [4.69, 9.17) is 0 Å².